The van der Waals surface area contributed by atoms with E-state index in [9.17, 15) is 9.59 Å². The Labute approximate surface area is 193 Å². The molecule has 0 bridgehead atoms. The fraction of sp³-hybridized carbons (Fsp3) is 0.480. The lowest BCUT2D eigenvalue weighted by Gasteiger charge is -2.45. The van der Waals surface area contributed by atoms with Crippen LogP contribution in [0.15, 0.2) is 54.7 Å². The molecule has 0 aliphatic carbocycles. The van der Waals surface area contributed by atoms with Gasteiger partial charge >= 0.3 is 6.09 Å². The molecule has 2 aliphatic rings. The van der Waals surface area contributed by atoms with E-state index >= 15 is 0 Å². The summed E-state index contributed by atoms with van der Waals surface area (Å²) < 4.78 is 23.5. The van der Waals surface area contributed by atoms with Gasteiger partial charge in [-0.15, -0.1) is 0 Å². The molecule has 1 N–H and O–H groups in total. The summed E-state index contributed by atoms with van der Waals surface area (Å²) in [6, 6.07) is 15.4. The zero-order valence-electron chi connectivity index (χ0n) is 18.6. The molecule has 2 aromatic rings. The number of ether oxygens (including phenoxy) is 4. The van der Waals surface area contributed by atoms with Crippen LogP contribution in [0.5, 0.6) is 0 Å². The van der Waals surface area contributed by atoms with Crippen LogP contribution in [0.1, 0.15) is 43.4 Å². The minimum Gasteiger partial charge on any atom is -0.447 e. The van der Waals surface area contributed by atoms with E-state index in [1.807, 2.05) is 48.5 Å². The molecule has 1 amide bonds. The number of rotatable bonds is 8. The predicted octanol–water partition coefficient (Wildman–Crippen LogP) is 3.54. The molecular weight excluding hydrogens is 424 g/mol. The molecule has 3 heterocycles. The van der Waals surface area contributed by atoms with Gasteiger partial charge in [-0.05, 0) is 30.5 Å². The Hall–Kier alpha value is -2.81. The summed E-state index contributed by atoms with van der Waals surface area (Å²) in [6.07, 6.45) is 3.20. The van der Waals surface area contributed by atoms with Gasteiger partial charge in [-0.2, -0.15) is 0 Å². The third kappa shape index (κ3) is 7.08. The van der Waals surface area contributed by atoms with E-state index < -0.39 is 11.9 Å². The van der Waals surface area contributed by atoms with Crippen LogP contribution in [0.2, 0.25) is 0 Å². The maximum absolute atomic E-state index is 12.5. The van der Waals surface area contributed by atoms with Crippen LogP contribution in [0, 0.1) is 0 Å². The lowest BCUT2D eigenvalue weighted by atomic mass is 9.92. The molecular formula is C25H30N2O6. The van der Waals surface area contributed by atoms with Crippen LogP contribution in [0.25, 0.3) is 0 Å². The Kier molecular flexibility index (Phi) is 8.04. The molecule has 2 aliphatic heterocycles. The average molecular weight is 455 g/mol. The lowest BCUT2D eigenvalue weighted by molar-refractivity contribution is -0.313. The molecule has 2 saturated heterocycles. The standard InChI is InChI=1S/C25H30N2O6/c28-21-13-23(17-30-16-19-7-2-1-3-8-19)33-25(14-21)11-6-10-22(32-25)18-31-24(29)27-15-20-9-4-5-12-26-20/h1-5,7-9,12,22-23H,6,10-11,13-18H2,(H,27,29)/t22-,23-,25-/m0/s1. The van der Waals surface area contributed by atoms with Crippen molar-refractivity contribution in [3.8, 4) is 0 Å². The van der Waals surface area contributed by atoms with Crippen LogP contribution in [-0.4, -0.2) is 48.1 Å². The first-order valence-electron chi connectivity index (χ1n) is 11.4. The molecule has 0 saturated carbocycles. The molecule has 1 spiro atoms. The summed E-state index contributed by atoms with van der Waals surface area (Å²) >= 11 is 0. The molecule has 1 aromatic heterocycles. The average Bonchev–Trinajstić information content (AvgIpc) is 2.82. The zero-order valence-corrected chi connectivity index (χ0v) is 18.6. The van der Waals surface area contributed by atoms with E-state index in [1.165, 1.54) is 0 Å². The van der Waals surface area contributed by atoms with Gasteiger partial charge in [-0.1, -0.05) is 36.4 Å². The summed E-state index contributed by atoms with van der Waals surface area (Å²) in [5.74, 6) is -0.864. The zero-order chi connectivity index (χ0) is 22.9. The highest BCUT2D eigenvalue weighted by atomic mass is 16.7. The maximum atomic E-state index is 12.5. The number of nitrogens with zero attached hydrogens (tertiary/aromatic N) is 1. The molecule has 3 atom stereocenters. The highest BCUT2D eigenvalue weighted by Gasteiger charge is 2.45. The van der Waals surface area contributed by atoms with Crippen LogP contribution < -0.4 is 5.32 Å². The second kappa shape index (κ2) is 11.4. The molecule has 1 aromatic carbocycles. The van der Waals surface area contributed by atoms with Crippen LogP contribution in [-0.2, 0) is 36.9 Å². The summed E-state index contributed by atoms with van der Waals surface area (Å²) in [7, 11) is 0. The van der Waals surface area contributed by atoms with E-state index in [1.54, 1.807) is 6.20 Å². The summed E-state index contributed by atoms with van der Waals surface area (Å²) in [6.45, 7) is 1.18. The number of carbonyl (C=O) groups excluding carboxylic acids is 2. The van der Waals surface area contributed by atoms with Crippen LogP contribution in [0.3, 0.4) is 0 Å². The third-order valence-electron chi connectivity index (χ3n) is 5.72. The van der Waals surface area contributed by atoms with Crippen molar-refractivity contribution in [2.45, 2.75) is 63.3 Å². The van der Waals surface area contributed by atoms with E-state index in [-0.39, 0.29) is 37.6 Å². The van der Waals surface area contributed by atoms with Gasteiger partial charge in [0.25, 0.3) is 0 Å². The number of hydrogen-bond donors (Lipinski definition) is 1. The summed E-state index contributed by atoms with van der Waals surface area (Å²) in [5.41, 5.74) is 1.82. The van der Waals surface area contributed by atoms with E-state index in [0.717, 1.165) is 24.1 Å². The summed E-state index contributed by atoms with van der Waals surface area (Å²) in [4.78, 5) is 28.7. The number of benzene rings is 1. The molecule has 0 radical (unpaired) electrons. The van der Waals surface area contributed by atoms with Gasteiger partial charge in [0.15, 0.2) is 5.79 Å². The van der Waals surface area contributed by atoms with Gasteiger partial charge in [-0.3, -0.25) is 9.78 Å². The topological polar surface area (TPSA) is 96.0 Å². The van der Waals surface area contributed by atoms with Crippen LogP contribution in [0.4, 0.5) is 4.79 Å². The molecule has 0 unspecified atom stereocenters. The number of ketones is 1. The second-order valence-electron chi connectivity index (χ2n) is 8.48. The van der Waals surface area contributed by atoms with Gasteiger partial charge in [0.2, 0.25) is 0 Å². The summed E-state index contributed by atoms with van der Waals surface area (Å²) in [5, 5.41) is 2.68. The molecule has 4 rings (SSSR count). The Morgan fingerprint density at radius 2 is 1.91 bits per heavy atom. The van der Waals surface area contributed by atoms with Gasteiger partial charge in [0, 0.05) is 19.0 Å². The molecule has 8 nitrogen and oxygen atoms in total. The minimum atomic E-state index is -0.965. The first kappa shape index (κ1) is 23.4. The number of amides is 1. The Bertz CT molecular complexity index is 910. The first-order chi connectivity index (χ1) is 16.1. The number of aromatic nitrogens is 1. The van der Waals surface area contributed by atoms with Crippen molar-refractivity contribution in [3.05, 3.63) is 66.0 Å². The Balaban J connectivity index is 1.23. The monoisotopic (exact) mass is 454 g/mol. The van der Waals surface area contributed by atoms with Gasteiger partial charge in [-0.25, -0.2) is 4.79 Å². The quantitative estimate of drug-likeness (QED) is 0.652. The number of Topliss-reactive ketones (excluding diaryl/α,β-unsaturated/α-hetero) is 1. The number of nitrogens with one attached hydrogen (secondary N) is 1. The van der Waals surface area contributed by atoms with Crippen molar-refractivity contribution in [1.29, 1.82) is 0 Å². The van der Waals surface area contributed by atoms with E-state index in [0.29, 0.717) is 26.1 Å². The normalized spacial score (nSPS) is 25.0. The number of pyridine rings is 1. The maximum Gasteiger partial charge on any atom is 0.407 e. The highest BCUT2D eigenvalue weighted by Crippen LogP contribution is 2.38. The highest BCUT2D eigenvalue weighted by molar-refractivity contribution is 5.80. The van der Waals surface area contributed by atoms with Crippen molar-refractivity contribution in [3.63, 3.8) is 0 Å². The SMILES string of the molecule is O=C1C[C@@H](COCc2ccccc2)O[C@@]2(CCC[C@@H](COC(=O)NCc3ccccn3)O2)C1. The smallest absolute Gasteiger partial charge is 0.407 e. The van der Waals surface area contributed by atoms with Gasteiger partial charge < -0.3 is 24.3 Å². The van der Waals surface area contributed by atoms with Crippen molar-refractivity contribution in [2.75, 3.05) is 13.2 Å². The van der Waals surface area contributed by atoms with Crippen molar-refractivity contribution >= 4 is 11.9 Å². The number of hydrogen-bond acceptors (Lipinski definition) is 7. The van der Waals surface area contributed by atoms with E-state index in [2.05, 4.69) is 10.3 Å². The molecule has 2 fully saturated rings. The third-order valence-corrected chi connectivity index (χ3v) is 5.72. The molecule has 33 heavy (non-hydrogen) atoms. The van der Waals surface area contributed by atoms with Crippen molar-refractivity contribution in [2.24, 2.45) is 0 Å². The Morgan fingerprint density at radius 1 is 1.09 bits per heavy atom. The fourth-order valence-electron chi connectivity index (χ4n) is 4.23. The van der Waals surface area contributed by atoms with Crippen LogP contribution >= 0.6 is 0 Å². The Morgan fingerprint density at radius 3 is 2.73 bits per heavy atom. The van der Waals surface area contributed by atoms with Crippen molar-refractivity contribution < 1.29 is 28.5 Å². The van der Waals surface area contributed by atoms with Gasteiger partial charge in [0.05, 0.1) is 44.1 Å². The van der Waals surface area contributed by atoms with Gasteiger partial charge in [0.1, 0.15) is 12.4 Å². The first-order valence-corrected chi connectivity index (χ1v) is 11.4. The molecule has 176 valence electrons. The largest absolute Gasteiger partial charge is 0.447 e. The fourth-order valence-corrected chi connectivity index (χ4v) is 4.23. The lowest BCUT2D eigenvalue weighted by Crippen LogP contribution is -2.52. The minimum absolute atomic E-state index is 0.0997. The second-order valence-corrected chi connectivity index (χ2v) is 8.48. The predicted molar refractivity (Wildman–Crippen MR) is 119 cm³/mol. The molecule has 8 heteroatoms. The number of alkyl carbamates (subject to hydrolysis) is 1. The van der Waals surface area contributed by atoms with Crippen molar-refractivity contribution in [1.82, 2.24) is 10.3 Å². The number of carbonyl (C=O) groups is 2. The van der Waals surface area contributed by atoms with E-state index in [4.69, 9.17) is 18.9 Å².